The lowest BCUT2D eigenvalue weighted by atomic mass is 10.1. The summed E-state index contributed by atoms with van der Waals surface area (Å²) < 4.78 is 32.0. The van der Waals surface area contributed by atoms with Gasteiger partial charge < -0.3 is 13.8 Å². The summed E-state index contributed by atoms with van der Waals surface area (Å²) in [4.78, 5) is 14.0. The van der Waals surface area contributed by atoms with Crippen LogP contribution in [0.2, 0.25) is 0 Å². The van der Waals surface area contributed by atoms with Crippen LogP contribution in [0.25, 0.3) is 0 Å². The molecule has 0 saturated carbocycles. The summed E-state index contributed by atoms with van der Waals surface area (Å²) in [6.07, 6.45) is 0.992. The molecule has 1 amide bonds. The molecule has 25 heavy (non-hydrogen) atoms. The quantitative estimate of drug-likeness (QED) is 0.672. The van der Waals surface area contributed by atoms with Gasteiger partial charge in [0.2, 0.25) is 5.91 Å². The maximum atomic E-state index is 12.3. The molecule has 0 aliphatic carbocycles. The number of hydrogen-bond acceptors (Lipinski definition) is 5. The largest absolute Gasteiger partial charge is 0.383 e. The fourth-order valence-electron chi connectivity index (χ4n) is 2.30. The fraction of sp³-hybridized carbons (Fsp3) is 0.278. The molecule has 2 aromatic carbocycles. The molecule has 0 spiro atoms. The van der Waals surface area contributed by atoms with Crippen LogP contribution in [0.15, 0.2) is 54.6 Å². The van der Waals surface area contributed by atoms with Crippen molar-refractivity contribution in [2.45, 2.75) is 13.1 Å². The SMILES string of the molecule is COCC(=O)N(Cc1ccccc1)Cc1ccc(OS(C)(=O)=O)cc1. The minimum absolute atomic E-state index is 0.00209. The fourth-order valence-corrected chi connectivity index (χ4v) is 2.76. The Kier molecular flexibility index (Phi) is 6.55. The van der Waals surface area contributed by atoms with Gasteiger partial charge in [-0.2, -0.15) is 8.42 Å². The third kappa shape index (κ3) is 6.56. The monoisotopic (exact) mass is 363 g/mol. The zero-order chi connectivity index (χ0) is 18.3. The Hall–Kier alpha value is -2.38. The molecular formula is C18H21NO5S. The van der Waals surface area contributed by atoms with Gasteiger partial charge in [-0.15, -0.1) is 0 Å². The van der Waals surface area contributed by atoms with Crippen LogP contribution in [0.5, 0.6) is 5.75 Å². The van der Waals surface area contributed by atoms with Crippen molar-refractivity contribution in [1.82, 2.24) is 4.90 Å². The zero-order valence-electron chi connectivity index (χ0n) is 14.2. The average Bonchev–Trinajstić information content (AvgIpc) is 2.56. The standard InChI is InChI=1S/C18H21NO5S/c1-23-14-18(20)19(12-15-6-4-3-5-7-15)13-16-8-10-17(11-9-16)24-25(2,21)22/h3-11H,12-14H2,1-2H3. The molecule has 6 nitrogen and oxygen atoms in total. The predicted octanol–water partition coefficient (Wildman–Crippen LogP) is 2.20. The summed E-state index contributed by atoms with van der Waals surface area (Å²) in [7, 11) is -2.07. The van der Waals surface area contributed by atoms with Gasteiger partial charge >= 0.3 is 10.1 Å². The molecule has 7 heteroatoms. The van der Waals surface area contributed by atoms with E-state index in [4.69, 9.17) is 8.92 Å². The van der Waals surface area contributed by atoms with E-state index in [0.29, 0.717) is 13.1 Å². The van der Waals surface area contributed by atoms with Crippen molar-refractivity contribution in [3.8, 4) is 5.75 Å². The first-order valence-electron chi connectivity index (χ1n) is 7.66. The van der Waals surface area contributed by atoms with Gasteiger partial charge in [-0.1, -0.05) is 42.5 Å². The van der Waals surface area contributed by atoms with E-state index < -0.39 is 10.1 Å². The zero-order valence-corrected chi connectivity index (χ0v) is 15.0. The van der Waals surface area contributed by atoms with Gasteiger partial charge in [0, 0.05) is 20.2 Å². The number of ether oxygens (including phenoxy) is 1. The highest BCUT2D eigenvalue weighted by atomic mass is 32.2. The van der Waals surface area contributed by atoms with E-state index in [1.165, 1.54) is 7.11 Å². The van der Waals surface area contributed by atoms with E-state index in [0.717, 1.165) is 17.4 Å². The average molecular weight is 363 g/mol. The number of carbonyl (C=O) groups is 1. The molecule has 0 unspecified atom stereocenters. The van der Waals surface area contributed by atoms with Gasteiger partial charge in [-0.05, 0) is 23.3 Å². The van der Waals surface area contributed by atoms with Crippen molar-refractivity contribution in [3.05, 3.63) is 65.7 Å². The lowest BCUT2D eigenvalue weighted by Crippen LogP contribution is -2.32. The van der Waals surface area contributed by atoms with Crippen LogP contribution in [-0.4, -0.2) is 39.2 Å². The molecule has 0 aliphatic heterocycles. The Bertz CT molecular complexity index is 788. The molecule has 0 fully saturated rings. The van der Waals surface area contributed by atoms with E-state index in [9.17, 15) is 13.2 Å². The van der Waals surface area contributed by atoms with Crippen molar-refractivity contribution < 1.29 is 22.1 Å². The maximum Gasteiger partial charge on any atom is 0.306 e. The van der Waals surface area contributed by atoms with Crippen molar-refractivity contribution in [1.29, 1.82) is 0 Å². The van der Waals surface area contributed by atoms with Gasteiger partial charge in [-0.3, -0.25) is 4.79 Å². The van der Waals surface area contributed by atoms with Crippen LogP contribution in [0, 0.1) is 0 Å². The van der Waals surface area contributed by atoms with E-state index in [1.54, 1.807) is 29.2 Å². The van der Waals surface area contributed by atoms with Crippen LogP contribution in [0.4, 0.5) is 0 Å². The highest BCUT2D eigenvalue weighted by molar-refractivity contribution is 7.86. The van der Waals surface area contributed by atoms with Crippen LogP contribution in [0.3, 0.4) is 0 Å². The van der Waals surface area contributed by atoms with E-state index in [1.807, 2.05) is 30.3 Å². The number of benzene rings is 2. The summed E-state index contributed by atoms with van der Waals surface area (Å²) in [6, 6.07) is 16.3. The van der Waals surface area contributed by atoms with Crippen LogP contribution in [-0.2, 0) is 32.7 Å². The molecule has 0 saturated heterocycles. The molecular weight excluding hydrogens is 342 g/mol. The molecule has 0 heterocycles. The second kappa shape index (κ2) is 8.64. The molecule has 0 aromatic heterocycles. The molecule has 0 atom stereocenters. The van der Waals surface area contributed by atoms with Gasteiger partial charge in [0.1, 0.15) is 12.4 Å². The molecule has 134 valence electrons. The Balaban J connectivity index is 2.11. The molecule has 0 bridgehead atoms. The van der Waals surface area contributed by atoms with Crippen LogP contribution >= 0.6 is 0 Å². The van der Waals surface area contributed by atoms with Crippen LogP contribution in [0.1, 0.15) is 11.1 Å². The summed E-state index contributed by atoms with van der Waals surface area (Å²) in [5.74, 6) is 0.117. The lowest BCUT2D eigenvalue weighted by Gasteiger charge is -2.23. The second-order valence-corrected chi connectivity index (χ2v) is 7.17. The summed E-state index contributed by atoms with van der Waals surface area (Å²) >= 11 is 0. The highest BCUT2D eigenvalue weighted by Crippen LogP contribution is 2.16. The first-order chi connectivity index (χ1) is 11.9. The third-order valence-electron chi connectivity index (χ3n) is 3.38. The van der Waals surface area contributed by atoms with Crippen molar-refractivity contribution >= 4 is 16.0 Å². The number of hydrogen-bond donors (Lipinski definition) is 0. The first kappa shape index (κ1) is 19.0. The number of methoxy groups -OCH3 is 1. The van der Waals surface area contributed by atoms with Crippen molar-refractivity contribution in [2.24, 2.45) is 0 Å². The molecule has 0 aliphatic rings. The number of nitrogens with zero attached hydrogens (tertiary/aromatic N) is 1. The minimum Gasteiger partial charge on any atom is -0.383 e. The molecule has 0 radical (unpaired) electrons. The number of carbonyl (C=O) groups excluding carboxylic acids is 1. The van der Waals surface area contributed by atoms with Crippen LogP contribution < -0.4 is 4.18 Å². The Labute approximate surface area is 148 Å². The van der Waals surface area contributed by atoms with E-state index >= 15 is 0 Å². The number of amides is 1. The topological polar surface area (TPSA) is 72.9 Å². The van der Waals surface area contributed by atoms with Gasteiger partial charge in [0.25, 0.3) is 0 Å². The van der Waals surface area contributed by atoms with Gasteiger partial charge in [-0.25, -0.2) is 0 Å². The number of rotatable bonds is 8. The van der Waals surface area contributed by atoms with Crippen molar-refractivity contribution in [2.75, 3.05) is 20.0 Å². The predicted molar refractivity (Wildman–Crippen MR) is 94.5 cm³/mol. The van der Waals surface area contributed by atoms with Gasteiger partial charge in [0.15, 0.2) is 0 Å². The molecule has 0 N–H and O–H groups in total. The Morgan fingerprint density at radius 1 is 0.960 bits per heavy atom. The molecule has 2 aromatic rings. The maximum absolute atomic E-state index is 12.3. The molecule has 2 rings (SSSR count). The Morgan fingerprint density at radius 2 is 1.52 bits per heavy atom. The summed E-state index contributed by atoms with van der Waals surface area (Å²) in [5.41, 5.74) is 1.88. The van der Waals surface area contributed by atoms with E-state index in [2.05, 4.69) is 0 Å². The first-order valence-corrected chi connectivity index (χ1v) is 9.48. The summed E-state index contributed by atoms with van der Waals surface area (Å²) in [5, 5.41) is 0. The van der Waals surface area contributed by atoms with E-state index in [-0.39, 0.29) is 18.3 Å². The highest BCUT2D eigenvalue weighted by Gasteiger charge is 2.15. The normalized spacial score (nSPS) is 11.1. The Morgan fingerprint density at radius 3 is 2.04 bits per heavy atom. The van der Waals surface area contributed by atoms with Crippen molar-refractivity contribution in [3.63, 3.8) is 0 Å². The summed E-state index contributed by atoms with van der Waals surface area (Å²) in [6.45, 7) is 0.850. The minimum atomic E-state index is -3.56. The van der Waals surface area contributed by atoms with Gasteiger partial charge in [0.05, 0.1) is 6.26 Å². The smallest absolute Gasteiger partial charge is 0.306 e. The second-order valence-electron chi connectivity index (χ2n) is 5.60. The lowest BCUT2D eigenvalue weighted by molar-refractivity contribution is -0.136. The third-order valence-corrected chi connectivity index (χ3v) is 3.88.